The number of aromatic nitrogens is 6. The molecule has 1 aliphatic rings. The normalized spacial score (nSPS) is 17.9. The van der Waals surface area contributed by atoms with E-state index >= 15 is 0 Å². The molecular formula is C22H21N7. The Morgan fingerprint density at radius 2 is 1.76 bits per heavy atom. The van der Waals surface area contributed by atoms with E-state index in [9.17, 15) is 0 Å². The van der Waals surface area contributed by atoms with E-state index in [1.165, 1.54) is 16.8 Å². The maximum atomic E-state index is 4.47. The van der Waals surface area contributed by atoms with Gasteiger partial charge in [0.25, 0.3) is 0 Å². The predicted octanol–water partition coefficient (Wildman–Crippen LogP) is 3.01. The summed E-state index contributed by atoms with van der Waals surface area (Å²) in [5, 5.41) is 19.1. The molecule has 0 saturated heterocycles. The van der Waals surface area contributed by atoms with Gasteiger partial charge in [0.15, 0.2) is 5.82 Å². The average molecular weight is 383 g/mol. The van der Waals surface area contributed by atoms with Crippen molar-refractivity contribution in [2.24, 2.45) is 0 Å². The molecule has 0 radical (unpaired) electrons. The maximum Gasteiger partial charge on any atom is 0.185 e. The minimum atomic E-state index is -0.274. The summed E-state index contributed by atoms with van der Waals surface area (Å²) in [6, 6.07) is 19.4. The molecule has 2 heterocycles. The van der Waals surface area contributed by atoms with E-state index in [2.05, 4.69) is 111 Å². The number of fused-ring (bicyclic) bond motifs is 1. The van der Waals surface area contributed by atoms with Gasteiger partial charge in [-0.15, -0.1) is 5.10 Å². The van der Waals surface area contributed by atoms with Crippen LogP contribution in [0.2, 0.25) is 0 Å². The van der Waals surface area contributed by atoms with Gasteiger partial charge in [-0.3, -0.25) is 5.10 Å². The highest BCUT2D eigenvalue weighted by molar-refractivity contribution is 5.68. The molecular weight excluding hydrogens is 362 g/mol. The van der Waals surface area contributed by atoms with Crippen molar-refractivity contribution in [1.82, 2.24) is 30.4 Å². The van der Waals surface area contributed by atoms with Crippen molar-refractivity contribution in [2.75, 3.05) is 19.0 Å². The minimum absolute atomic E-state index is 0.274. The molecule has 0 saturated carbocycles. The van der Waals surface area contributed by atoms with Crippen LogP contribution in [0.1, 0.15) is 22.4 Å². The molecule has 1 unspecified atom stereocenters. The number of allylic oxidation sites excluding steroid dienone is 1. The first kappa shape index (κ1) is 17.4. The summed E-state index contributed by atoms with van der Waals surface area (Å²) in [7, 11) is 4.11. The van der Waals surface area contributed by atoms with Crippen LogP contribution in [0, 0.1) is 0 Å². The first-order chi connectivity index (χ1) is 14.2. The summed E-state index contributed by atoms with van der Waals surface area (Å²) in [4.78, 5) is 2.11. The summed E-state index contributed by atoms with van der Waals surface area (Å²) in [6.07, 6.45) is 6.74. The molecule has 5 rings (SSSR count). The molecule has 7 nitrogen and oxygen atoms in total. The second-order valence-corrected chi connectivity index (χ2v) is 7.48. The Bertz CT molecular complexity index is 1140. The van der Waals surface area contributed by atoms with Gasteiger partial charge < -0.3 is 4.90 Å². The standard InChI is InChI=1S/C22H21N7/c1-28(2)18-10-8-17(9-11-18)22(16-6-4-3-5-7-16)13-12-19-20(14-22)24-25-21(19)29-15-23-26-27-29/h3-13,15H,14H2,1-2H3,(H,24,25). The first-order valence-electron chi connectivity index (χ1n) is 9.51. The topological polar surface area (TPSA) is 75.5 Å². The lowest BCUT2D eigenvalue weighted by Crippen LogP contribution is -2.30. The highest BCUT2D eigenvalue weighted by atomic mass is 15.5. The van der Waals surface area contributed by atoms with E-state index in [1.807, 2.05) is 0 Å². The van der Waals surface area contributed by atoms with Crippen LogP contribution in [0.25, 0.3) is 11.9 Å². The molecule has 144 valence electrons. The fraction of sp³-hybridized carbons (Fsp3) is 0.182. The van der Waals surface area contributed by atoms with E-state index in [1.54, 1.807) is 11.0 Å². The second kappa shape index (κ2) is 6.70. The van der Waals surface area contributed by atoms with Gasteiger partial charge in [0.1, 0.15) is 6.33 Å². The van der Waals surface area contributed by atoms with Crippen LogP contribution in [0.5, 0.6) is 0 Å². The Hall–Kier alpha value is -3.74. The minimum Gasteiger partial charge on any atom is -0.378 e. The summed E-state index contributed by atoms with van der Waals surface area (Å²) < 4.78 is 1.58. The van der Waals surface area contributed by atoms with Crippen molar-refractivity contribution in [3.63, 3.8) is 0 Å². The number of tetrazole rings is 1. The van der Waals surface area contributed by atoms with Crippen molar-refractivity contribution in [2.45, 2.75) is 11.8 Å². The molecule has 0 amide bonds. The second-order valence-electron chi connectivity index (χ2n) is 7.48. The third-order valence-electron chi connectivity index (χ3n) is 5.61. The fourth-order valence-electron chi connectivity index (χ4n) is 4.04. The van der Waals surface area contributed by atoms with Crippen LogP contribution in [-0.2, 0) is 11.8 Å². The zero-order valence-corrected chi connectivity index (χ0v) is 16.3. The number of aromatic amines is 1. The number of rotatable bonds is 4. The highest BCUT2D eigenvalue weighted by Crippen LogP contribution is 2.42. The fourth-order valence-corrected chi connectivity index (χ4v) is 4.04. The van der Waals surface area contributed by atoms with Gasteiger partial charge >= 0.3 is 0 Å². The Morgan fingerprint density at radius 3 is 2.45 bits per heavy atom. The molecule has 1 atom stereocenters. The van der Waals surface area contributed by atoms with Crippen LogP contribution in [0.4, 0.5) is 5.69 Å². The Labute approximate surface area is 168 Å². The molecule has 2 aromatic carbocycles. The lowest BCUT2D eigenvalue weighted by atomic mass is 9.68. The van der Waals surface area contributed by atoms with Crippen LogP contribution < -0.4 is 4.90 Å². The molecule has 4 aromatic rings. The number of hydrogen-bond acceptors (Lipinski definition) is 5. The van der Waals surface area contributed by atoms with Gasteiger partial charge in [-0.25, -0.2) is 0 Å². The van der Waals surface area contributed by atoms with Gasteiger partial charge in [0, 0.05) is 42.9 Å². The lowest BCUT2D eigenvalue weighted by molar-refractivity contribution is 0.620. The van der Waals surface area contributed by atoms with Gasteiger partial charge in [-0.1, -0.05) is 54.6 Å². The van der Waals surface area contributed by atoms with E-state index in [-0.39, 0.29) is 5.41 Å². The van der Waals surface area contributed by atoms with Gasteiger partial charge in [-0.05, 0) is 33.7 Å². The number of H-pyrrole nitrogens is 1. The predicted molar refractivity (Wildman–Crippen MR) is 112 cm³/mol. The first-order valence-corrected chi connectivity index (χ1v) is 9.51. The summed E-state index contributed by atoms with van der Waals surface area (Å²) in [6.45, 7) is 0. The lowest BCUT2D eigenvalue weighted by Gasteiger charge is -2.34. The Balaban J connectivity index is 1.63. The molecule has 0 bridgehead atoms. The summed E-state index contributed by atoms with van der Waals surface area (Å²) in [5.41, 5.74) is 5.49. The third-order valence-corrected chi connectivity index (χ3v) is 5.61. The van der Waals surface area contributed by atoms with E-state index < -0.39 is 0 Å². The molecule has 0 fully saturated rings. The molecule has 1 aliphatic carbocycles. The van der Waals surface area contributed by atoms with E-state index in [0.717, 1.165) is 17.7 Å². The van der Waals surface area contributed by atoms with E-state index in [4.69, 9.17) is 0 Å². The Kier molecular flexibility index (Phi) is 4.01. The largest absolute Gasteiger partial charge is 0.378 e. The summed E-state index contributed by atoms with van der Waals surface area (Å²) >= 11 is 0. The van der Waals surface area contributed by atoms with Crippen molar-refractivity contribution in [3.05, 3.63) is 89.4 Å². The van der Waals surface area contributed by atoms with Gasteiger partial charge in [0.2, 0.25) is 0 Å². The van der Waals surface area contributed by atoms with E-state index in [0.29, 0.717) is 5.82 Å². The van der Waals surface area contributed by atoms with Gasteiger partial charge in [0.05, 0.1) is 0 Å². The molecule has 0 aliphatic heterocycles. The van der Waals surface area contributed by atoms with Gasteiger partial charge in [-0.2, -0.15) is 9.78 Å². The number of nitrogens with one attached hydrogen (secondary N) is 1. The average Bonchev–Trinajstić information content (AvgIpc) is 3.43. The SMILES string of the molecule is CN(C)c1ccc(C2(c3ccccc3)C=Cc3c(-n4cnnn4)n[nH]c3C2)cc1. The van der Waals surface area contributed by atoms with Crippen molar-refractivity contribution < 1.29 is 0 Å². The number of benzene rings is 2. The monoisotopic (exact) mass is 383 g/mol. The third kappa shape index (κ3) is 2.82. The van der Waals surface area contributed by atoms with Crippen LogP contribution >= 0.6 is 0 Å². The molecule has 7 heteroatoms. The summed E-state index contributed by atoms with van der Waals surface area (Å²) in [5.74, 6) is 0.714. The number of nitrogens with zero attached hydrogens (tertiary/aromatic N) is 6. The zero-order chi connectivity index (χ0) is 19.8. The number of anilines is 1. The van der Waals surface area contributed by atoms with Crippen LogP contribution in [0.3, 0.4) is 0 Å². The van der Waals surface area contributed by atoms with Crippen LogP contribution in [-0.4, -0.2) is 44.5 Å². The quantitative estimate of drug-likeness (QED) is 0.586. The Morgan fingerprint density at radius 1 is 1.00 bits per heavy atom. The molecule has 1 N–H and O–H groups in total. The smallest absolute Gasteiger partial charge is 0.185 e. The van der Waals surface area contributed by atoms with Crippen molar-refractivity contribution in [1.29, 1.82) is 0 Å². The van der Waals surface area contributed by atoms with Crippen LogP contribution in [0.15, 0.2) is 67.0 Å². The maximum absolute atomic E-state index is 4.47. The molecule has 2 aromatic heterocycles. The van der Waals surface area contributed by atoms with Crippen molar-refractivity contribution in [3.8, 4) is 5.82 Å². The molecule has 0 spiro atoms. The number of hydrogen-bond donors (Lipinski definition) is 1. The zero-order valence-electron chi connectivity index (χ0n) is 16.3. The van der Waals surface area contributed by atoms with Crippen molar-refractivity contribution >= 4 is 11.8 Å². The molecule has 29 heavy (non-hydrogen) atoms. The highest BCUT2D eigenvalue weighted by Gasteiger charge is 2.36.